The highest BCUT2D eigenvalue weighted by Crippen LogP contribution is 2.24. The Morgan fingerprint density at radius 2 is 2.29 bits per heavy atom. The minimum absolute atomic E-state index is 0.0243. The molecule has 0 saturated heterocycles. The summed E-state index contributed by atoms with van der Waals surface area (Å²) >= 11 is 5.41. The monoisotopic (exact) mass is 218 g/mol. The van der Waals surface area contributed by atoms with E-state index in [0.29, 0.717) is 0 Å². The van der Waals surface area contributed by atoms with E-state index in [2.05, 4.69) is 4.98 Å². The van der Waals surface area contributed by atoms with Gasteiger partial charge < -0.3 is 4.98 Å². The molecule has 0 fully saturated rings. The Labute approximate surface area is 82.9 Å². The summed E-state index contributed by atoms with van der Waals surface area (Å²) in [4.78, 5) is 13.0. The number of hydrogen-bond acceptors (Lipinski definition) is 2. The standard InChI is InChI=1S/C8H5ClF2N2O/c9-2-5-4(8(10)11)1-7(14)13-6(5)3-12/h1,8H,2H2,(H,13,14). The molecule has 1 aromatic heterocycles. The third-order valence-electron chi connectivity index (χ3n) is 1.67. The van der Waals surface area contributed by atoms with E-state index in [-0.39, 0.29) is 17.1 Å². The van der Waals surface area contributed by atoms with Gasteiger partial charge in [-0.1, -0.05) is 0 Å². The van der Waals surface area contributed by atoms with Crippen LogP contribution in [-0.4, -0.2) is 4.98 Å². The van der Waals surface area contributed by atoms with E-state index in [0.717, 1.165) is 6.07 Å². The Kier molecular flexibility index (Phi) is 3.20. The van der Waals surface area contributed by atoms with Gasteiger partial charge in [0.15, 0.2) is 0 Å². The first-order valence-corrected chi connectivity index (χ1v) is 4.14. The Morgan fingerprint density at radius 1 is 1.64 bits per heavy atom. The van der Waals surface area contributed by atoms with Crippen LogP contribution in [0.4, 0.5) is 8.78 Å². The number of pyridine rings is 1. The van der Waals surface area contributed by atoms with Crippen molar-refractivity contribution in [3.63, 3.8) is 0 Å². The van der Waals surface area contributed by atoms with E-state index in [1.807, 2.05) is 0 Å². The molecule has 0 radical (unpaired) electrons. The first-order chi connectivity index (χ1) is 6.60. The van der Waals surface area contributed by atoms with Crippen LogP contribution in [0.2, 0.25) is 0 Å². The van der Waals surface area contributed by atoms with Crippen LogP contribution >= 0.6 is 11.6 Å². The highest BCUT2D eigenvalue weighted by Gasteiger charge is 2.17. The lowest BCUT2D eigenvalue weighted by molar-refractivity contribution is 0.150. The molecule has 0 bridgehead atoms. The van der Waals surface area contributed by atoms with Crippen molar-refractivity contribution < 1.29 is 8.78 Å². The van der Waals surface area contributed by atoms with Gasteiger partial charge in [0, 0.05) is 17.2 Å². The van der Waals surface area contributed by atoms with Gasteiger partial charge in [0.1, 0.15) is 11.8 Å². The molecule has 3 nitrogen and oxygen atoms in total. The summed E-state index contributed by atoms with van der Waals surface area (Å²) in [7, 11) is 0. The minimum atomic E-state index is -2.81. The number of rotatable bonds is 2. The maximum Gasteiger partial charge on any atom is 0.264 e. The fourth-order valence-corrected chi connectivity index (χ4v) is 1.33. The number of aromatic amines is 1. The van der Waals surface area contributed by atoms with Crippen molar-refractivity contribution in [2.24, 2.45) is 0 Å². The number of nitriles is 1. The van der Waals surface area contributed by atoms with Crippen molar-refractivity contribution in [2.75, 3.05) is 0 Å². The number of hydrogen-bond donors (Lipinski definition) is 1. The molecule has 1 heterocycles. The van der Waals surface area contributed by atoms with Crippen molar-refractivity contribution in [1.29, 1.82) is 5.26 Å². The van der Waals surface area contributed by atoms with E-state index in [1.165, 1.54) is 0 Å². The van der Waals surface area contributed by atoms with Crippen LogP contribution in [-0.2, 0) is 5.88 Å². The van der Waals surface area contributed by atoms with E-state index in [4.69, 9.17) is 16.9 Å². The largest absolute Gasteiger partial charge is 0.313 e. The number of nitrogens with zero attached hydrogens (tertiary/aromatic N) is 1. The zero-order chi connectivity index (χ0) is 10.7. The van der Waals surface area contributed by atoms with Gasteiger partial charge in [0.2, 0.25) is 5.56 Å². The lowest BCUT2D eigenvalue weighted by Gasteiger charge is -2.06. The topological polar surface area (TPSA) is 56.6 Å². The number of alkyl halides is 3. The van der Waals surface area contributed by atoms with Crippen LogP contribution < -0.4 is 5.56 Å². The van der Waals surface area contributed by atoms with Gasteiger partial charge in [-0.3, -0.25) is 4.79 Å². The molecule has 1 aromatic rings. The van der Waals surface area contributed by atoms with Crippen molar-refractivity contribution >= 4 is 11.6 Å². The molecular formula is C8H5ClF2N2O. The van der Waals surface area contributed by atoms with Gasteiger partial charge in [0.25, 0.3) is 6.43 Å². The molecule has 74 valence electrons. The fourth-order valence-electron chi connectivity index (χ4n) is 1.04. The normalized spacial score (nSPS) is 10.2. The Bertz CT molecular complexity index is 436. The van der Waals surface area contributed by atoms with Gasteiger partial charge in [-0.05, 0) is 0 Å². The smallest absolute Gasteiger partial charge is 0.264 e. The Morgan fingerprint density at radius 3 is 2.71 bits per heavy atom. The average molecular weight is 219 g/mol. The fraction of sp³-hybridized carbons (Fsp3) is 0.250. The van der Waals surface area contributed by atoms with Gasteiger partial charge in [0.05, 0.1) is 5.88 Å². The first-order valence-electron chi connectivity index (χ1n) is 3.60. The van der Waals surface area contributed by atoms with Crippen LogP contribution in [0.5, 0.6) is 0 Å². The molecule has 0 unspecified atom stereocenters. The molecule has 0 spiro atoms. The third-order valence-corrected chi connectivity index (χ3v) is 1.93. The molecule has 0 aliphatic carbocycles. The summed E-state index contributed by atoms with van der Waals surface area (Å²) < 4.78 is 24.8. The van der Waals surface area contributed by atoms with E-state index in [1.54, 1.807) is 6.07 Å². The van der Waals surface area contributed by atoms with Crippen LogP contribution in [0.1, 0.15) is 23.2 Å². The van der Waals surface area contributed by atoms with Crippen LogP contribution in [0, 0.1) is 11.3 Å². The number of halogens is 3. The Hall–Kier alpha value is -1.41. The lowest BCUT2D eigenvalue weighted by atomic mass is 10.1. The molecule has 0 amide bonds. The van der Waals surface area contributed by atoms with Crippen LogP contribution in [0.15, 0.2) is 10.9 Å². The zero-order valence-electron chi connectivity index (χ0n) is 6.85. The molecule has 6 heteroatoms. The Balaban J connectivity index is 3.49. The molecular weight excluding hydrogens is 214 g/mol. The van der Waals surface area contributed by atoms with Crippen molar-refractivity contribution in [2.45, 2.75) is 12.3 Å². The molecule has 0 aromatic carbocycles. The van der Waals surface area contributed by atoms with Crippen LogP contribution in [0.25, 0.3) is 0 Å². The van der Waals surface area contributed by atoms with Crippen molar-refractivity contribution in [1.82, 2.24) is 4.98 Å². The molecule has 1 N–H and O–H groups in total. The molecule has 0 aliphatic rings. The minimum Gasteiger partial charge on any atom is -0.313 e. The zero-order valence-corrected chi connectivity index (χ0v) is 7.61. The number of H-pyrrole nitrogens is 1. The van der Waals surface area contributed by atoms with Gasteiger partial charge in [-0.15, -0.1) is 11.6 Å². The number of aromatic nitrogens is 1. The second-order valence-corrected chi connectivity index (χ2v) is 2.76. The summed E-state index contributed by atoms with van der Waals surface area (Å²) in [5.74, 6) is -0.237. The molecule has 1 rings (SSSR count). The SMILES string of the molecule is N#Cc1[nH]c(=O)cc(C(F)F)c1CCl. The second kappa shape index (κ2) is 4.20. The summed E-state index contributed by atoms with van der Waals surface area (Å²) in [5.41, 5.74) is -1.45. The predicted octanol–water partition coefficient (Wildman–Crippen LogP) is 1.92. The molecule has 0 aliphatic heterocycles. The quantitative estimate of drug-likeness (QED) is 0.771. The van der Waals surface area contributed by atoms with Gasteiger partial charge in [-0.25, -0.2) is 8.78 Å². The predicted molar refractivity (Wildman–Crippen MR) is 46.3 cm³/mol. The number of nitrogens with one attached hydrogen (secondary N) is 1. The summed E-state index contributed by atoms with van der Waals surface area (Å²) in [5, 5.41) is 8.56. The third kappa shape index (κ3) is 1.91. The van der Waals surface area contributed by atoms with Crippen molar-refractivity contribution in [3.05, 3.63) is 33.2 Å². The van der Waals surface area contributed by atoms with E-state index < -0.39 is 17.5 Å². The summed E-state index contributed by atoms with van der Waals surface area (Å²) in [6, 6.07) is 2.36. The van der Waals surface area contributed by atoms with Gasteiger partial charge in [-0.2, -0.15) is 5.26 Å². The van der Waals surface area contributed by atoms with E-state index >= 15 is 0 Å². The van der Waals surface area contributed by atoms with Crippen LogP contribution in [0.3, 0.4) is 0 Å². The average Bonchev–Trinajstić information content (AvgIpc) is 2.16. The van der Waals surface area contributed by atoms with E-state index in [9.17, 15) is 13.6 Å². The summed E-state index contributed by atoms with van der Waals surface area (Å²) in [6.07, 6.45) is -2.81. The van der Waals surface area contributed by atoms with Crippen molar-refractivity contribution in [3.8, 4) is 6.07 Å². The summed E-state index contributed by atoms with van der Waals surface area (Å²) in [6.45, 7) is 0. The highest BCUT2D eigenvalue weighted by atomic mass is 35.5. The molecule has 0 saturated carbocycles. The first kappa shape index (κ1) is 10.7. The second-order valence-electron chi connectivity index (χ2n) is 2.49. The van der Waals surface area contributed by atoms with Gasteiger partial charge >= 0.3 is 0 Å². The maximum atomic E-state index is 12.4. The molecule has 0 atom stereocenters. The molecule has 14 heavy (non-hydrogen) atoms. The highest BCUT2D eigenvalue weighted by molar-refractivity contribution is 6.17. The lowest BCUT2D eigenvalue weighted by Crippen LogP contribution is -2.12. The maximum absolute atomic E-state index is 12.4.